The van der Waals surface area contributed by atoms with Crippen molar-refractivity contribution in [3.05, 3.63) is 48.3 Å². The highest BCUT2D eigenvalue weighted by Gasteiger charge is 2.04. The van der Waals surface area contributed by atoms with Gasteiger partial charge in [-0.25, -0.2) is 0 Å². The molecule has 0 spiro atoms. The molecule has 0 amide bonds. The normalized spacial score (nSPS) is 10.2. The molecule has 3 aromatic rings. The fourth-order valence-electron chi connectivity index (χ4n) is 2.12. The van der Waals surface area contributed by atoms with Gasteiger partial charge in [-0.05, 0) is 24.1 Å². The molecule has 0 radical (unpaired) electrons. The number of fused-ring (bicyclic) bond motifs is 3. The largest absolute Gasteiger partial charge is 0.254 e. The number of rotatable bonds is 1. The fourth-order valence-corrected chi connectivity index (χ4v) is 2.12. The first-order valence-corrected chi connectivity index (χ1v) is 6.51. The van der Waals surface area contributed by atoms with Crippen molar-refractivity contribution in [3.63, 3.8) is 0 Å². The average molecular weight is 238 g/mol. The quantitative estimate of drug-likeness (QED) is 0.588. The van der Waals surface area contributed by atoms with Crippen molar-refractivity contribution in [2.75, 3.05) is 0 Å². The van der Waals surface area contributed by atoms with Gasteiger partial charge in [0, 0.05) is 23.2 Å². The van der Waals surface area contributed by atoms with Crippen molar-refractivity contribution in [1.82, 2.24) is 9.97 Å². The average Bonchev–Trinajstić information content (AvgIpc) is 2.48. The zero-order valence-corrected chi connectivity index (χ0v) is 11.1. The topological polar surface area (TPSA) is 25.8 Å². The third-order valence-corrected chi connectivity index (χ3v) is 2.95. The molecule has 0 saturated carbocycles. The van der Waals surface area contributed by atoms with Crippen molar-refractivity contribution in [2.45, 2.75) is 27.2 Å². The zero-order chi connectivity index (χ0) is 13.0. The highest BCUT2D eigenvalue weighted by molar-refractivity contribution is 6.03. The molecule has 3 rings (SSSR count). The number of aromatic nitrogens is 2. The van der Waals surface area contributed by atoms with E-state index in [0.29, 0.717) is 0 Å². The summed E-state index contributed by atoms with van der Waals surface area (Å²) in [5.74, 6) is 0. The lowest BCUT2D eigenvalue weighted by molar-refractivity contribution is 1.15. The maximum absolute atomic E-state index is 4.46. The van der Waals surface area contributed by atoms with Gasteiger partial charge >= 0.3 is 0 Å². The van der Waals surface area contributed by atoms with Gasteiger partial charge in [0.25, 0.3) is 0 Å². The van der Waals surface area contributed by atoms with Gasteiger partial charge in [-0.1, -0.05) is 39.0 Å². The van der Waals surface area contributed by atoms with Crippen LogP contribution in [0.1, 0.15) is 26.3 Å². The van der Waals surface area contributed by atoms with Crippen LogP contribution in [0.4, 0.5) is 0 Å². The Hall–Kier alpha value is -1.96. The summed E-state index contributed by atoms with van der Waals surface area (Å²) in [5.41, 5.74) is 3.34. The highest BCUT2D eigenvalue weighted by Crippen LogP contribution is 2.24. The molecule has 0 saturated heterocycles. The van der Waals surface area contributed by atoms with Crippen LogP contribution in [0.15, 0.2) is 42.7 Å². The summed E-state index contributed by atoms with van der Waals surface area (Å²) in [6, 6.07) is 10.4. The first-order chi connectivity index (χ1) is 8.90. The zero-order valence-electron chi connectivity index (χ0n) is 11.1. The van der Waals surface area contributed by atoms with Crippen LogP contribution in [0, 0.1) is 0 Å². The van der Waals surface area contributed by atoms with E-state index in [0.717, 1.165) is 22.8 Å². The van der Waals surface area contributed by atoms with Crippen LogP contribution in [0.3, 0.4) is 0 Å². The second-order valence-electron chi connectivity index (χ2n) is 3.86. The summed E-state index contributed by atoms with van der Waals surface area (Å²) in [6.45, 7) is 6.16. The smallest absolute Gasteiger partial charge is 0.0967 e. The molecule has 0 aliphatic heterocycles. The number of hydrogen-bond donors (Lipinski definition) is 0. The Balaban J connectivity index is 0.000000574. The minimum Gasteiger partial charge on any atom is -0.254 e. The van der Waals surface area contributed by atoms with Gasteiger partial charge < -0.3 is 0 Å². The van der Waals surface area contributed by atoms with Gasteiger partial charge in [-0.15, -0.1) is 0 Å². The van der Waals surface area contributed by atoms with Gasteiger partial charge in [0.1, 0.15) is 0 Å². The Bertz CT molecular complexity index is 659. The van der Waals surface area contributed by atoms with Crippen LogP contribution in [0.5, 0.6) is 0 Å². The molecule has 2 heterocycles. The first kappa shape index (κ1) is 12.5. The Kier molecular flexibility index (Phi) is 3.88. The summed E-state index contributed by atoms with van der Waals surface area (Å²) < 4.78 is 0. The van der Waals surface area contributed by atoms with E-state index < -0.39 is 0 Å². The van der Waals surface area contributed by atoms with E-state index in [2.05, 4.69) is 41.2 Å². The van der Waals surface area contributed by atoms with Crippen LogP contribution >= 0.6 is 0 Å². The fraction of sp³-hybridized carbons (Fsp3) is 0.250. The summed E-state index contributed by atoms with van der Waals surface area (Å²) >= 11 is 0. The molecule has 0 N–H and O–H groups in total. The van der Waals surface area contributed by atoms with Gasteiger partial charge in [-0.3, -0.25) is 9.97 Å². The Morgan fingerprint density at radius 1 is 0.889 bits per heavy atom. The van der Waals surface area contributed by atoms with Gasteiger partial charge in [0.2, 0.25) is 0 Å². The standard InChI is InChI=1S/C14H12N2.C2H6/c1-2-10-7-9-16-14-12(10)6-5-11-4-3-8-15-13(11)14;1-2/h3-9H,2H2,1H3;1-2H3. The molecule has 0 aliphatic rings. The Morgan fingerprint density at radius 2 is 1.67 bits per heavy atom. The third kappa shape index (κ3) is 2.06. The van der Waals surface area contributed by atoms with E-state index in [9.17, 15) is 0 Å². The molecule has 2 heteroatoms. The van der Waals surface area contributed by atoms with Crippen LogP contribution in [0.25, 0.3) is 21.8 Å². The minimum absolute atomic E-state index is 0.996. The van der Waals surface area contributed by atoms with Gasteiger partial charge in [-0.2, -0.15) is 0 Å². The predicted molar refractivity (Wildman–Crippen MR) is 77.8 cm³/mol. The lowest BCUT2D eigenvalue weighted by Gasteiger charge is -2.05. The summed E-state index contributed by atoms with van der Waals surface area (Å²) in [4.78, 5) is 8.88. The molecule has 1 aromatic carbocycles. The van der Waals surface area contributed by atoms with Crippen LogP contribution < -0.4 is 0 Å². The molecular formula is C16H18N2. The first-order valence-electron chi connectivity index (χ1n) is 6.51. The molecule has 92 valence electrons. The number of hydrogen-bond acceptors (Lipinski definition) is 2. The van der Waals surface area contributed by atoms with Crippen LogP contribution in [-0.4, -0.2) is 9.97 Å². The van der Waals surface area contributed by atoms with Crippen molar-refractivity contribution < 1.29 is 0 Å². The lowest BCUT2D eigenvalue weighted by atomic mass is 10.0. The monoisotopic (exact) mass is 238 g/mol. The van der Waals surface area contributed by atoms with Crippen molar-refractivity contribution in [2.24, 2.45) is 0 Å². The number of benzene rings is 1. The van der Waals surface area contributed by atoms with Crippen LogP contribution in [0.2, 0.25) is 0 Å². The van der Waals surface area contributed by atoms with Crippen LogP contribution in [-0.2, 0) is 6.42 Å². The summed E-state index contributed by atoms with van der Waals surface area (Å²) in [7, 11) is 0. The van der Waals surface area contributed by atoms with Crippen molar-refractivity contribution in [1.29, 1.82) is 0 Å². The molecule has 0 aliphatic carbocycles. The molecule has 18 heavy (non-hydrogen) atoms. The molecule has 0 atom stereocenters. The molecule has 0 unspecified atom stereocenters. The predicted octanol–water partition coefficient (Wildman–Crippen LogP) is 4.37. The van der Waals surface area contributed by atoms with Crippen molar-refractivity contribution >= 4 is 21.8 Å². The molecule has 0 bridgehead atoms. The van der Waals surface area contributed by atoms with E-state index in [1.807, 2.05) is 32.3 Å². The number of aryl methyl sites for hydroxylation is 1. The molecular weight excluding hydrogens is 220 g/mol. The van der Waals surface area contributed by atoms with E-state index in [-0.39, 0.29) is 0 Å². The summed E-state index contributed by atoms with van der Waals surface area (Å²) in [6.07, 6.45) is 4.72. The van der Waals surface area contributed by atoms with E-state index in [1.54, 1.807) is 0 Å². The van der Waals surface area contributed by atoms with Gasteiger partial charge in [0.05, 0.1) is 11.0 Å². The van der Waals surface area contributed by atoms with Gasteiger partial charge in [0.15, 0.2) is 0 Å². The Labute approximate surface area is 108 Å². The maximum Gasteiger partial charge on any atom is 0.0967 e. The lowest BCUT2D eigenvalue weighted by Crippen LogP contribution is -1.89. The minimum atomic E-state index is 0.996. The SMILES string of the molecule is CC.CCc1ccnc2c1ccc1cccnc12. The van der Waals surface area contributed by atoms with E-state index in [4.69, 9.17) is 0 Å². The van der Waals surface area contributed by atoms with E-state index in [1.165, 1.54) is 10.9 Å². The molecule has 0 fully saturated rings. The Morgan fingerprint density at radius 3 is 2.44 bits per heavy atom. The molecule has 2 nitrogen and oxygen atoms in total. The number of nitrogens with zero attached hydrogens (tertiary/aromatic N) is 2. The van der Waals surface area contributed by atoms with E-state index >= 15 is 0 Å². The number of pyridine rings is 2. The summed E-state index contributed by atoms with van der Waals surface area (Å²) in [5, 5.41) is 2.37. The second kappa shape index (κ2) is 5.58. The molecule has 2 aromatic heterocycles. The third-order valence-electron chi connectivity index (χ3n) is 2.95. The maximum atomic E-state index is 4.46. The highest BCUT2D eigenvalue weighted by atomic mass is 14.7. The van der Waals surface area contributed by atoms with Crippen molar-refractivity contribution in [3.8, 4) is 0 Å². The second-order valence-corrected chi connectivity index (χ2v) is 3.86.